The Labute approximate surface area is 116 Å². The number of rotatable bonds is 3. The molecule has 100 valence electrons. The third-order valence-electron chi connectivity index (χ3n) is 3.59. The molecule has 0 heterocycles. The Kier molecular flexibility index (Phi) is 3.12. The van der Waals surface area contributed by atoms with Gasteiger partial charge in [0.1, 0.15) is 0 Å². The van der Waals surface area contributed by atoms with Crippen LogP contribution < -0.4 is 5.73 Å². The maximum absolute atomic E-state index is 10.8. The first kappa shape index (κ1) is 12.6. The van der Waals surface area contributed by atoms with Gasteiger partial charge >= 0.3 is 5.97 Å². The molecule has 3 nitrogen and oxygen atoms in total. The summed E-state index contributed by atoms with van der Waals surface area (Å²) >= 11 is 0. The van der Waals surface area contributed by atoms with Crippen molar-refractivity contribution >= 4 is 27.5 Å². The maximum atomic E-state index is 10.8. The maximum Gasteiger partial charge on any atom is 0.305 e. The van der Waals surface area contributed by atoms with Crippen molar-refractivity contribution in [3.63, 3.8) is 0 Å². The van der Waals surface area contributed by atoms with Crippen molar-refractivity contribution in [2.75, 3.05) is 0 Å². The van der Waals surface area contributed by atoms with Gasteiger partial charge in [0.15, 0.2) is 0 Å². The Hall–Kier alpha value is -2.39. The molecule has 0 spiro atoms. The Morgan fingerprint density at radius 2 is 1.65 bits per heavy atom. The van der Waals surface area contributed by atoms with E-state index < -0.39 is 12.0 Å². The van der Waals surface area contributed by atoms with Crippen molar-refractivity contribution in [1.29, 1.82) is 0 Å². The molecule has 3 rings (SSSR count). The van der Waals surface area contributed by atoms with Gasteiger partial charge in [-0.05, 0) is 33.2 Å². The van der Waals surface area contributed by atoms with Crippen LogP contribution in [-0.2, 0) is 4.79 Å². The van der Waals surface area contributed by atoms with Crippen LogP contribution in [0.3, 0.4) is 0 Å². The number of nitrogens with two attached hydrogens (primary N) is 1. The molecule has 0 saturated carbocycles. The summed E-state index contributed by atoms with van der Waals surface area (Å²) in [6.07, 6.45) is -0.0593. The fourth-order valence-electron chi connectivity index (χ4n) is 2.56. The van der Waals surface area contributed by atoms with Crippen LogP contribution in [0.1, 0.15) is 18.0 Å². The first-order valence-electron chi connectivity index (χ1n) is 6.54. The molecule has 0 aromatic heterocycles. The zero-order valence-electron chi connectivity index (χ0n) is 10.9. The van der Waals surface area contributed by atoms with E-state index in [4.69, 9.17) is 10.8 Å². The van der Waals surface area contributed by atoms with Gasteiger partial charge < -0.3 is 10.8 Å². The molecule has 1 unspecified atom stereocenters. The number of hydrogen-bond donors (Lipinski definition) is 2. The number of carbonyl (C=O) groups is 1. The van der Waals surface area contributed by atoms with Crippen molar-refractivity contribution in [2.24, 2.45) is 5.73 Å². The summed E-state index contributed by atoms with van der Waals surface area (Å²) in [4.78, 5) is 10.8. The lowest BCUT2D eigenvalue weighted by atomic mass is 9.97. The molecular weight excluding hydrogens is 250 g/mol. The molecule has 0 radical (unpaired) electrons. The SMILES string of the molecule is NC(CC(=O)O)c1ccc2ccc3ccccc3c2c1. The molecule has 0 fully saturated rings. The molecule has 1 atom stereocenters. The highest BCUT2D eigenvalue weighted by Crippen LogP contribution is 2.28. The number of carboxylic acid groups (broad SMARTS) is 1. The topological polar surface area (TPSA) is 63.3 Å². The Morgan fingerprint density at radius 1 is 1.00 bits per heavy atom. The van der Waals surface area contributed by atoms with E-state index in [1.54, 1.807) is 0 Å². The number of aliphatic carboxylic acids is 1. The predicted octanol–water partition coefficient (Wildman–Crippen LogP) is 3.47. The van der Waals surface area contributed by atoms with Gasteiger partial charge in [-0.3, -0.25) is 4.79 Å². The summed E-state index contributed by atoms with van der Waals surface area (Å²) < 4.78 is 0. The van der Waals surface area contributed by atoms with Gasteiger partial charge in [-0.15, -0.1) is 0 Å². The van der Waals surface area contributed by atoms with Crippen molar-refractivity contribution in [3.8, 4) is 0 Å². The van der Waals surface area contributed by atoms with E-state index in [2.05, 4.69) is 24.3 Å². The Morgan fingerprint density at radius 3 is 2.40 bits per heavy atom. The first-order valence-corrected chi connectivity index (χ1v) is 6.54. The molecule has 0 saturated heterocycles. The van der Waals surface area contributed by atoms with Crippen LogP contribution in [0.15, 0.2) is 54.6 Å². The van der Waals surface area contributed by atoms with Gasteiger partial charge in [-0.25, -0.2) is 0 Å². The lowest BCUT2D eigenvalue weighted by Crippen LogP contribution is -2.14. The molecule has 3 heteroatoms. The average molecular weight is 265 g/mol. The van der Waals surface area contributed by atoms with Crippen molar-refractivity contribution in [3.05, 3.63) is 60.2 Å². The lowest BCUT2D eigenvalue weighted by Gasteiger charge is -2.11. The first-order chi connectivity index (χ1) is 9.65. The molecule has 0 aliphatic heterocycles. The second-order valence-electron chi connectivity index (χ2n) is 4.97. The highest BCUT2D eigenvalue weighted by atomic mass is 16.4. The highest BCUT2D eigenvalue weighted by molar-refractivity contribution is 6.07. The summed E-state index contributed by atoms with van der Waals surface area (Å²) in [5.41, 5.74) is 6.81. The molecular formula is C17H15NO2. The summed E-state index contributed by atoms with van der Waals surface area (Å²) in [6, 6.07) is 17.8. The summed E-state index contributed by atoms with van der Waals surface area (Å²) in [7, 11) is 0. The number of hydrogen-bond acceptors (Lipinski definition) is 2. The van der Waals surface area contributed by atoms with Crippen molar-refractivity contribution in [1.82, 2.24) is 0 Å². The normalized spacial score (nSPS) is 12.7. The van der Waals surface area contributed by atoms with Crippen molar-refractivity contribution in [2.45, 2.75) is 12.5 Å². The van der Waals surface area contributed by atoms with E-state index in [-0.39, 0.29) is 6.42 Å². The lowest BCUT2D eigenvalue weighted by molar-refractivity contribution is -0.137. The van der Waals surface area contributed by atoms with Gasteiger partial charge in [0, 0.05) is 6.04 Å². The van der Waals surface area contributed by atoms with Crippen LogP contribution in [-0.4, -0.2) is 11.1 Å². The Bertz CT molecular complexity index is 795. The summed E-state index contributed by atoms with van der Waals surface area (Å²) in [6.45, 7) is 0. The molecule has 0 bridgehead atoms. The van der Waals surface area contributed by atoms with Crippen LogP contribution >= 0.6 is 0 Å². The van der Waals surface area contributed by atoms with E-state index in [0.717, 1.165) is 21.7 Å². The van der Waals surface area contributed by atoms with E-state index in [1.165, 1.54) is 5.39 Å². The zero-order valence-corrected chi connectivity index (χ0v) is 10.9. The zero-order chi connectivity index (χ0) is 14.1. The van der Waals surface area contributed by atoms with Crippen LogP contribution in [0, 0.1) is 0 Å². The van der Waals surface area contributed by atoms with Crippen LogP contribution in [0.25, 0.3) is 21.5 Å². The molecule has 0 amide bonds. The second kappa shape index (κ2) is 4.94. The molecule has 0 aliphatic rings. The minimum atomic E-state index is -0.879. The standard InChI is InChI=1S/C17H15NO2/c18-16(10-17(19)20)13-8-7-12-6-5-11-3-1-2-4-14(11)15(12)9-13/h1-9,16H,10,18H2,(H,19,20). The monoisotopic (exact) mass is 265 g/mol. The Balaban J connectivity index is 2.18. The summed E-state index contributed by atoms with van der Waals surface area (Å²) in [5.74, 6) is -0.879. The minimum absolute atomic E-state index is 0.0593. The molecule has 20 heavy (non-hydrogen) atoms. The van der Waals surface area contributed by atoms with Crippen LogP contribution in [0.4, 0.5) is 0 Å². The van der Waals surface area contributed by atoms with Gasteiger partial charge in [-0.1, -0.05) is 48.5 Å². The second-order valence-corrected chi connectivity index (χ2v) is 4.97. The third kappa shape index (κ3) is 2.24. The molecule has 3 N–H and O–H groups in total. The van der Waals surface area contributed by atoms with E-state index in [1.807, 2.05) is 30.3 Å². The fraction of sp³-hybridized carbons (Fsp3) is 0.118. The minimum Gasteiger partial charge on any atom is -0.481 e. The van der Waals surface area contributed by atoms with Crippen LogP contribution in [0.2, 0.25) is 0 Å². The van der Waals surface area contributed by atoms with E-state index >= 15 is 0 Å². The van der Waals surface area contributed by atoms with E-state index in [9.17, 15) is 4.79 Å². The highest BCUT2D eigenvalue weighted by Gasteiger charge is 2.11. The molecule has 3 aromatic rings. The molecule has 3 aromatic carbocycles. The quantitative estimate of drug-likeness (QED) is 0.713. The number of carboxylic acids is 1. The number of fused-ring (bicyclic) bond motifs is 3. The van der Waals surface area contributed by atoms with Gasteiger partial charge in [-0.2, -0.15) is 0 Å². The third-order valence-corrected chi connectivity index (χ3v) is 3.59. The van der Waals surface area contributed by atoms with Gasteiger partial charge in [0.2, 0.25) is 0 Å². The van der Waals surface area contributed by atoms with Gasteiger partial charge in [0.05, 0.1) is 6.42 Å². The average Bonchev–Trinajstić information content (AvgIpc) is 2.46. The van der Waals surface area contributed by atoms with Gasteiger partial charge in [0.25, 0.3) is 0 Å². The smallest absolute Gasteiger partial charge is 0.305 e. The van der Waals surface area contributed by atoms with Crippen LogP contribution in [0.5, 0.6) is 0 Å². The molecule has 0 aliphatic carbocycles. The van der Waals surface area contributed by atoms with E-state index in [0.29, 0.717) is 0 Å². The largest absolute Gasteiger partial charge is 0.481 e. The summed E-state index contributed by atoms with van der Waals surface area (Å²) in [5, 5.41) is 13.4. The predicted molar refractivity (Wildman–Crippen MR) is 80.6 cm³/mol. The van der Waals surface area contributed by atoms with Crippen molar-refractivity contribution < 1.29 is 9.90 Å². The number of benzene rings is 3. The fourth-order valence-corrected chi connectivity index (χ4v) is 2.56.